The average Bonchev–Trinajstić information content (AvgIpc) is 2.31. The normalized spacial score (nSPS) is 10.5. The second kappa shape index (κ2) is 6.13. The number of carbonyl (C=O) groups excluding carboxylic acids is 1. The molecule has 4 nitrogen and oxygen atoms in total. The Morgan fingerprint density at radius 1 is 1.35 bits per heavy atom. The number of hydrogen-bond donors (Lipinski definition) is 3. The van der Waals surface area contributed by atoms with Gasteiger partial charge in [0, 0.05) is 17.9 Å². The van der Waals surface area contributed by atoms with Gasteiger partial charge < -0.3 is 16.8 Å². The van der Waals surface area contributed by atoms with Gasteiger partial charge in [-0.25, -0.2) is 0 Å². The molecule has 94 valence electrons. The SMILES string of the molecule is CCC(CC)CNc1ccc(N)cc1C(N)=O. The fourth-order valence-corrected chi connectivity index (χ4v) is 1.75. The van der Waals surface area contributed by atoms with E-state index in [1.165, 1.54) is 0 Å². The summed E-state index contributed by atoms with van der Waals surface area (Å²) >= 11 is 0. The fraction of sp³-hybridized carbons (Fsp3) is 0.462. The van der Waals surface area contributed by atoms with Crippen LogP contribution < -0.4 is 16.8 Å². The van der Waals surface area contributed by atoms with Gasteiger partial charge in [-0.15, -0.1) is 0 Å². The molecular formula is C13H21N3O. The Balaban J connectivity index is 2.80. The molecule has 0 unspecified atom stereocenters. The first-order chi connectivity index (χ1) is 8.08. The van der Waals surface area contributed by atoms with Crippen molar-refractivity contribution in [3.8, 4) is 0 Å². The van der Waals surface area contributed by atoms with E-state index in [2.05, 4.69) is 19.2 Å². The van der Waals surface area contributed by atoms with Crippen molar-refractivity contribution >= 4 is 17.3 Å². The highest BCUT2D eigenvalue weighted by Crippen LogP contribution is 2.19. The number of nitrogens with one attached hydrogen (secondary N) is 1. The maximum Gasteiger partial charge on any atom is 0.250 e. The minimum absolute atomic E-state index is 0.454. The van der Waals surface area contributed by atoms with Crippen molar-refractivity contribution in [1.82, 2.24) is 0 Å². The molecule has 5 N–H and O–H groups in total. The van der Waals surface area contributed by atoms with E-state index in [-0.39, 0.29) is 0 Å². The second-order valence-corrected chi connectivity index (χ2v) is 4.23. The average molecular weight is 235 g/mol. The van der Waals surface area contributed by atoms with Gasteiger partial charge >= 0.3 is 0 Å². The molecule has 0 spiro atoms. The van der Waals surface area contributed by atoms with Gasteiger partial charge in [0.05, 0.1) is 5.56 Å². The predicted molar refractivity (Wildman–Crippen MR) is 71.9 cm³/mol. The van der Waals surface area contributed by atoms with Crippen molar-refractivity contribution in [2.24, 2.45) is 11.7 Å². The van der Waals surface area contributed by atoms with E-state index < -0.39 is 5.91 Å². The Morgan fingerprint density at radius 3 is 2.53 bits per heavy atom. The molecule has 0 saturated heterocycles. The fourth-order valence-electron chi connectivity index (χ4n) is 1.75. The lowest BCUT2D eigenvalue weighted by atomic mass is 10.0. The first kappa shape index (κ1) is 13.4. The molecule has 1 aromatic carbocycles. The molecule has 0 aliphatic heterocycles. The van der Waals surface area contributed by atoms with Crippen LogP contribution in [0.25, 0.3) is 0 Å². The number of rotatable bonds is 6. The van der Waals surface area contributed by atoms with E-state index in [1.807, 2.05) is 0 Å². The summed E-state index contributed by atoms with van der Waals surface area (Å²) in [4.78, 5) is 11.3. The van der Waals surface area contributed by atoms with Crippen LogP contribution in [0.15, 0.2) is 18.2 Å². The predicted octanol–water partition coefficient (Wildman–Crippen LogP) is 2.22. The topological polar surface area (TPSA) is 81.1 Å². The highest BCUT2D eigenvalue weighted by Gasteiger charge is 2.10. The summed E-state index contributed by atoms with van der Waals surface area (Å²) in [5.41, 5.74) is 12.7. The molecule has 4 heteroatoms. The first-order valence-electron chi connectivity index (χ1n) is 6.01. The summed E-state index contributed by atoms with van der Waals surface area (Å²) < 4.78 is 0. The van der Waals surface area contributed by atoms with Gasteiger partial charge in [0.15, 0.2) is 0 Å². The molecule has 1 aromatic rings. The lowest BCUT2D eigenvalue weighted by molar-refractivity contribution is 0.100. The molecule has 0 atom stereocenters. The van der Waals surface area contributed by atoms with Crippen LogP contribution in [0.2, 0.25) is 0 Å². The number of carbonyl (C=O) groups is 1. The van der Waals surface area contributed by atoms with E-state index >= 15 is 0 Å². The molecule has 1 amide bonds. The van der Waals surface area contributed by atoms with Crippen LogP contribution in [0.4, 0.5) is 11.4 Å². The first-order valence-corrected chi connectivity index (χ1v) is 6.01. The Morgan fingerprint density at radius 2 is 2.00 bits per heavy atom. The zero-order chi connectivity index (χ0) is 12.8. The van der Waals surface area contributed by atoms with Crippen LogP contribution in [-0.4, -0.2) is 12.5 Å². The molecule has 0 aliphatic carbocycles. The molecule has 0 heterocycles. The maximum absolute atomic E-state index is 11.3. The number of primary amides is 1. The number of nitrogen functional groups attached to an aromatic ring is 1. The van der Waals surface area contributed by atoms with Gasteiger partial charge in [-0.05, 0) is 24.1 Å². The molecule has 0 bridgehead atoms. The molecule has 0 saturated carbocycles. The van der Waals surface area contributed by atoms with Crippen molar-refractivity contribution < 1.29 is 4.79 Å². The summed E-state index contributed by atoms with van der Waals surface area (Å²) in [5.74, 6) is 0.151. The van der Waals surface area contributed by atoms with Crippen molar-refractivity contribution in [3.05, 3.63) is 23.8 Å². The zero-order valence-corrected chi connectivity index (χ0v) is 10.5. The number of anilines is 2. The van der Waals surface area contributed by atoms with Crippen molar-refractivity contribution in [3.63, 3.8) is 0 Å². The lowest BCUT2D eigenvalue weighted by Gasteiger charge is -2.16. The van der Waals surface area contributed by atoms with Crippen LogP contribution in [0.1, 0.15) is 37.0 Å². The van der Waals surface area contributed by atoms with E-state index in [0.29, 0.717) is 17.2 Å². The number of benzene rings is 1. The summed E-state index contributed by atoms with van der Waals surface area (Å²) in [6.07, 6.45) is 2.23. The summed E-state index contributed by atoms with van der Waals surface area (Å²) in [7, 11) is 0. The summed E-state index contributed by atoms with van der Waals surface area (Å²) in [6.45, 7) is 5.17. The van der Waals surface area contributed by atoms with Crippen LogP contribution >= 0.6 is 0 Å². The summed E-state index contributed by atoms with van der Waals surface area (Å²) in [6, 6.07) is 5.18. The van der Waals surface area contributed by atoms with Gasteiger partial charge in [0.1, 0.15) is 0 Å². The van der Waals surface area contributed by atoms with Crippen molar-refractivity contribution in [2.45, 2.75) is 26.7 Å². The third kappa shape index (κ3) is 3.66. The molecule has 0 fully saturated rings. The quantitative estimate of drug-likeness (QED) is 0.661. The number of hydrogen-bond acceptors (Lipinski definition) is 3. The van der Waals surface area contributed by atoms with Crippen molar-refractivity contribution in [2.75, 3.05) is 17.6 Å². The van der Waals surface area contributed by atoms with Gasteiger partial charge in [-0.3, -0.25) is 4.79 Å². The number of amides is 1. The molecule has 0 aromatic heterocycles. The molecule has 0 aliphatic rings. The summed E-state index contributed by atoms with van der Waals surface area (Å²) in [5, 5.41) is 3.27. The largest absolute Gasteiger partial charge is 0.399 e. The van der Waals surface area contributed by atoms with Gasteiger partial charge in [0.2, 0.25) is 0 Å². The van der Waals surface area contributed by atoms with Crippen LogP contribution in [0.3, 0.4) is 0 Å². The zero-order valence-electron chi connectivity index (χ0n) is 10.5. The van der Waals surface area contributed by atoms with E-state index in [9.17, 15) is 4.79 Å². The standard InChI is InChI=1S/C13H21N3O/c1-3-9(4-2)8-16-12-6-5-10(14)7-11(12)13(15)17/h5-7,9,16H,3-4,8,14H2,1-2H3,(H2,15,17). The molecular weight excluding hydrogens is 214 g/mol. The minimum atomic E-state index is -0.454. The third-order valence-corrected chi connectivity index (χ3v) is 3.04. The smallest absolute Gasteiger partial charge is 0.250 e. The number of nitrogens with two attached hydrogens (primary N) is 2. The van der Waals surface area contributed by atoms with E-state index in [1.54, 1.807) is 18.2 Å². The highest BCUT2D eigenvalue weighted by molar-refractivity contribution is 5.99. The lowest BCUT2D eigenvalue weighted by Crippen LogP contribution is -2.18. The molecule has 17 heavy (non-hydrogen) atoms. The maximum atomic E-state index is 11.3. The van der Waals surface area contributed by atoms with Gasteiger partial charge in [-0.1, -0.05) is 26.7 Å². The Hall–Kier alpha value is -1.71. The Labute approximate surface area is 102 Å². The second-order valence-electron chi connectivity index (χ2n) is 4.23. The van der Waals surface area contributed by atoms with Gasteiger partial charge in [-0.2, -0.15) is 0 Å². The Bertz CT molecular complexity index is 386. The molecule has 1 rings (SSSR count). The Kier molecular flexibility index (Phi) is 4.82. The molecule has 0 radical (unpaired) electrons. The third-order valence-electron chi connectivity index (χ3n) is 3.04. The van der Waals surface area contributed by atoms with Crippen LogP contribution in [-0.2, 0) is 0 Å². The van der Waals surface area contributed by atoms with Gasteiger partial charge in [0.25, 0.3) is 5.91 Å². The monoisotopic (exact) mass is 235 g/mol. The highest BCUT2D eigenvalue weighted by atomic mass is 16.1. The van der Waals surface area contributed by atoms with E-state index in [0.717, 1.165) is 25.1 Å². The minimum Gasteiger partial charge on any atom is -0.399 e. The van der Waals surface area contributed by atoms with E-state index in [4.69, 9.17) is 11.5 Å². The van der Waals surface area contributed by atoms with Crippen LogP contribution in [0, 0.1) is 5.92 Å². The van der Waals surface area contributed by atoms with Crippen molar-refractivity contribution in [1.29, 1.82) is 0 Å². The van der Waals surface area contributed by atoms with Crippen LogP contribution in [0.5, 0.6) is 0 Å².